The predicted octanol–water partition coefficient (Wildman–Crippen LogP) is 9.49. The highest BCUT2D eigenvalue weighted by molar-refractivity contribution is 6.18. The Balaban J connectivity index is 1.22. The van der Waals surface area contributed by atoms with E-state index in [9.17, 15) is 0 Å². The first-order valence-corrected chi connectivity index (χ1v) is 17.0. The minimum absolute atomic E-state index is 0.639. The van der Waals surface area contributed by atoms with E-state index >= 15 is 0 Å². The summed E-state index contributed by atoms with van der Waals surface area (Å²) in [5.74, 6) is 1.93. The summed E-state index contributed by atoms with van der Waals surface area (Å²) in [6.07, 6.45) is 3.94. The van der Waals surface area contributed by atoms with Crippen LogP contribution in [0.3, 0.4) is 0 Å². The summed E-state index contributed by atoms with van der Waals surface area (Å²) in [4.78, 5) is 15.3. The van der Waals surface area contributed by atoms with Gasteiger partial charge in [0.05, 0.1) is 16.4 Å². The van der Waals surface area contributed by atoms with Crippen molar-refractivity contribution in [2.75, 3.05) is 0 Å². The highest BCUT2D eigenvalue weighted by Crippen LogP contribution is 2.36. The highest BCUT2D eigenvalue weighted by atomic mass is 16.3. The molecule has 1 aliphatic carbocycles. The maximum absolute atomic E-state index is 6.83. The van der Waals surface area contributed by atoms with E-state index in [2.05, 4.69) is 126 Å². The van der Waals surface area contributed by atoms with E-state index in [1.165, 1.54) is 21.9 Å². The molecule has 50 heavy (non-hydrogen) atoms. The van der Waals surface area contributed by atoms with Crippen molar-refractivity contribution in [3.8, 4) is 39.6 Å². The fourth-order valence-electron chi connectivity index (χ4n) is 7.41. The Bertz CT molecular complexity index is 2840. The molecule has 9 aromatic rings. The van der Waals surface area contributed by atoms with Crippen LogP contribution in [0.1, 0.15) is 18.7 Å². The zero-order valence-electron chi connectivity index (χ0n) is 27.1. The molecule has 6 aromatic carbocycles. The number of aromatic nitrogens is 4. The third kappa shape index (κ3) is 4.59. The number of hydrogen-bond acceptors (Lipinski definition) is 4. The Morgan fingerprint density at radius 1 is 0.500 bits per heavy atom. The maximum atomic E-state index is 6.83. The first-order valence-electron chi connectivity index (χ1n) is 17.0. The molecule has 10 rings (SSSR count). The van der Waals surface area contributed by atoms with Crippen LogP contribution in [0.25, 0.3) is 84.0 Å². The van der Waals surface area contributed by atoms with Crippen LogP contribution < -0.4 is 10.6 Å². The second-order valence-corrected chi connectivity index (χ2v) is 12.7. The van der Waals surface area contributed by atoms with Gasteiger partial charge in [0.2, 0.25) is 0 Å². The van der Waals surface area contributed by atoms with Gasteiger partial charge in [-0.15, -0.1) is 0 Å². The molecule has 0 spiro atoms. The highest BCUT2D eigenvalue weighted by Gasteiger charge is 2.22. The summed E-state index contributed by atoms with van der Waals surface area (Å²) in [5.41, 5.74) is 10.3. The maximum Gasteiger partial charge on any atom is 0.164 e. The summed E-state index contributed by atoms with van der Waals surface area (Å²) < 4.78 is 9.20. The van der Waals surface area contributed by atoms with E-state index in [1.807, 2.05) is 36.4 Å². The summed E-state index contributed by atoms with van der Waals surface area (Å²) >= 11 is 0. The molecule has 0 radical (unpaired) electrons. The number of fused-ring (bicyclic) bond motifs is 7. The Morgan fingerprint density at radius 3 is 1.82 bits per heavy atom. The number of para-hydroxylation sites is 2. The number of nitrogens with zero attached hydrogens (tertiary/aromatic N) is 4. The molecule has 0 amide bonds. The molecule has 0 fully saturated rings. The Labute approximate surface area is 288 Å². The molecular formula is C45H30N4O. The Morgan fingerprint density at radius 2 is 1.08 bits per heavy atom. The lowest BCUT2D eigenvalue weighted by Crippen LogP contribution is -2.27. The molecule has 0 bridgehead atoms. The van der Waals surface area contributed by atoms with Gasteiger partial charge in [-0.3, -0.25) is 0 Å². The van der Waals surface area contributed by atoms with Gasteiger partial charge in [0.15, 0.2) is 17.5 Å². The molecule has 0 N–H and O–H groups in total. The molecule has 236 valence electrons. The molecule has 5 nitrogen and oxygen atoms in total. The van der Waals surface area contributed by atoms with Gasteiger partial charge in [-0.2, -0.15) is 0 Å². The van der Waals surface area contributed by atoms with Crippen LogP contribution >= 0.6 is 0 Å². The molecule has 0 unspecified atom stereocenters. The topological polar surface area (TPSA) is 56.7 Å². The standard InChI is InChI=1S/C45H30N4O/c1-4-13-29(14-5-1)30-23-25-32(26-24-30)44-46-43(31-15-6-2-7-16-31)47-45(48-44)37-21-12-20-36-40-39(50-42(36)37)28-27-35-34-19-10-11-22-38(34)49(41(35)40)33-17-8-3-9-18-33/h1-11,13-20,22-28H,12,21H2. The van der Waals surface area contributed by atoms with Gasteiger partial charge >= 0.3 is 0 Å². The van der Waals surface area contributed by atoms with E-state index in [0.717, 1.165) is 67.9 Å². The third-order valence-corrected chi connectivity index (χ3v) is 9.74. The summed E-state index contributed by atoms with van der Waals surface area (Å²) in [6, 6.07) is 52.5. The third-order valence-electron chi connectivity index (χ3n) is 9.74. The number of furan rings is 1. The first kappa shape index (κ1) is 28.4. The smallest absolute Gasteiger partial charge is 0.164 e. The largest absolute Gasteiger partial charge is 0.456 e. The van der Waals surface area contributed by atoms with Crippen LogP contribution in [0, 0.1) is 0 Å². The van der Waals surface area contributed by atoms with E-state index in [-0.39, 0.29) is 0 Å². The van der Waals surface area contributed by atoms with Crippen LogP contribution in [0.5, 0.6) is 0 Å². The van der Waals surface area contributed by atoms with E-state index < -0.39 is 0 Å². The molecule has 3 aromatic heterocycles. The lowest BCUT2D eigenvalue weighted by molar-refractivity contribution is 0.567. The predicted molar refractivity (Wildman–Crippen MR) is 202 cm³/mol. The van der Waals surface area contributed by atoms with Crippen molar-refractivity contribution < 1.29 is 4.42 Å². The molecule has 0 aliphatic heterocycles. The first-order chi connectivity index (χ1) is 24.8. The Hall–Kier alpha value is -6.59. The Kier molecular flexibility index (Phi) is 6.56. The zero-order valence-corrected chi connectivity index (χ0v) is 27.1. The van der Waals surface area contributed by atoms with E-state index in [4.69, 9.17) is 19.4 Å². The van der Waals surface area contributed by atoms with E-state index in [1.54, 1.807) is 0 Å². The van der Waals surface area contributed by atoms with Crippen molar-refractivity contribution >= 4 is 44.4 Å². The van der Waals surface area contributed by atoms with Gasteiger partial charge in [0.25, 0.3) is 0 Å². The molecule has 0 atom stereocenters. The molecule has 3 heterocycles. The van der Waals surface area contributed by atoms with Gasteiger partial charge in [0.1, 0.15) is 11.0 Å². The number of hydrogen-bond donors (Lipinski definition) is 0. The van der Waals surface area contributed by atoms with Crippen molar-refractivity contribution in [2.24, 2.45) is 0 Å². The van der Waals surface area contributed by atoms with E-state index in [0.29, 0.717) is 17.5 Å². The monoisotopic (exact) mass is 642 g/mol. The molecule has 0 saturated carbocycles. The summed E-state index contributed by atoms with van der Waals surface area (Å²) in [5, 5.41) is 4.64. The fraction of sp³-hybridized carbons (Fsp3) is 0.0444. The molecule has 0 saturated heterocycles. The summed E-state index contributed by atoms with van der Waals surface area (Å²) in [7, 11) is 0. The second-order valence-electron chi connectivity index (χ2n) is 12.7. The van der Waals surface area contributed by atoms with Crippen molar-refractivity contribution in [3.05, 3.63) is 168 Å². The van der Waals surface area contributed by atoms with Gasteiger partial charge in [0, 0.05) is 38.4 Å². The number of benzene rings is 6. The summed E-state index contributed by atoms with van der Waals surface area (Å²) in [6.45, 7) is 0. The SMILES string of the molecule is C1=c2c(oc3ccc4c5ccccc5n(-c5ccccc5)c4c23)=C(c2nc(-c3ccccc3)nc(-c3ccc(-c4ccccc4)cc3)n2)CC1. The minimum Gasteiger partial charge on any atom is -0.456 e. The van der Waals surface area contributed by atoms with Crippen molar-refractivity contribution in [1.82, 2.24) is 19.5 Å². The van der Waals surface area contributed by atoms with Crippen molar-refractivity contribution in [1.29, 1.82) is 0 Å². The van der Waals surface area contributed by atoms with Crippen LogP contribution in [0.15, 0.2) is 156 Å². The molecule has 1 aliphatic rings. The van der Waals surface area contributed by atoms with Crippen molar-refractivity contribution in [3.63, 3.8) is 0 Å². The second kappa shape index (κ2) is 11.5. The van der Waals surface area contributed by atoms with Gasteiger partial charge in [-0.05, 0) is 54.3 Å². The van der Waals surface area contributed by atoms with Gasteiger partial charge in [-0.1, -0.05) is 127 Å². The van der Waals surface area contributed by atoms with Crippen LogP contribution in [-0.2, 0) is 0 Å². The van der Waals surface area contributed by atoms with Crippen LogP contribution in [-0.4, -0.2) is 19.5 Å². The quantitative estimate of drug-likeness (QED) is 0.188. The lowest BCUT2D eigenvalue weighted by Gasteiger charge is -2.12. The van der Waals surface area contributed by atoms with Gasteiger partial charge < -0.3 is 8.98 Å². The fourth-order valence-corrected chi connectivity index (χ4v) is 7.41. The zero-order chi connectivity index (χ0) is 33.0. The van der Waals surface area contributed by atoms with Crippen molar-refractivity contribution in [2.45, 2.75) is 12.8 Å². The van der Waals surface area contributed by atoms with Crippen LogP contribution in [0.2, 0.25) is 0 Å². The normalized spacial score (nSPS) is 12.8. The van der Waals surface area contributed by atoms with Gasteiger partial charge in [-0.25, -0.2) is 15.0 Å². The minimum atomic E-state index is 0.639. The van der Waals surface area contributed by atoms with Crippen LogP contribution in [0.4, 0.5) is 0 Å². The molecular weight excluding hydrogens is 613 g/mol. The lowest BCUT2D eigenvalue weighted by atomic mass is 10.0. The average Bonchev–Trinajstić information content (AvgIpc) is 3.75. The average molecular weight is 643 g/mol. The molecule has 5 heteroatoms. The number of rotatable bonds is 5.